The minimum atomic E-state index is 0.159. The molecule has 0 saturated carbocycles. The molecular formula is C22H24N2O2S. The highest BCUT2D eigenvalue weighted by Gasteiger charge is 2.26. The van der Waals surface area contributed by atoms with Gasteiger partial charge in [-0.2, -0.15) is 0 Å². The van der Waals surface area contributed by atoms with E-state index in [-0.39, 0.29) is 5.91 Å². The molecule has 0 atom stereocenters. The van der Waals surface area contributed by atoms with Gasteiger partial charge in [0.1, 0.15) is 5.75 Å². The first-order chi connectivity index (χ1) is 13.2. The van der Waals surface area contributed by atoms with Crippen LogP contribution in [0, 0.1) is 6.92 Å². The van der Waals surface area contributed by atoms with Gasteiger partial charge >= 0.3 is 0 Å². The largest absolute Gasteiger partial charge is 0.492 e. The molecule has 3 aromatic rings. The summed E-state index contributed by atoms with van der Waals surface area (Å²) in [5.41, 5.74) is 2.22. The van der Waals surface area contributed by atoms with Crippen molar-refractivity contribution in [3.8, 4) is 5.75 Å². The lowest BCUT2D eigenvalue weighted by molar-refractivity contribution is 0.0751. The van der Waals surface area contributed by atoms with E-state index in [2.05, 4.69) is 30.0 Å². The summed E-state index contributed by atoms with van der Waals surface area (Å²) >= 11 is 1.61. The summed E-state index contributed by atoms with van der Waals surface area (Å²) in [6, 6.07) is 16.4. The quantitative estimate of drug-likeness (QED) is 0.665. The van der Waals surface area contributed by atoms with E-state index in [0.29, 0.717) is 6.61 Å². The maximum Gasteiger partial charge on any atom is 0.264 e. The van der Waals surface area contributed by atoms with Crippen LogP contribution >= 0.6 is 11.3 Å². The van der Waals surface area contributed by atoms with Gasteiger partial charge in [0, 0.05) is 30.9 Å². The third kappa shape index (κ3) is 3.39. The number of ether oxygens (including phenoxy) is 1. The van der Waals surface area contributed by atoms with Gasteiger partial charge in [0.05, 0.1) is 17.2 Å². The van der Waals surface area contributed by atoms with Crippen LogP contribution in [0.1, 0.15) is 22.2 Å². The molecule has 2 aromatic carbocycles. The Morgan fingerprint density at radius 1 is 1.04 bits per heavy atom. The number of hydrogen-bond donors (Lipinski definition) is 0. The van der Waals surface area contributed by atoms with Crippen molar-refractivity contribution in [2.45, 2.75) is 13.8 Å². The van der Waals surface area contributed by atoms with E-state index in [4.69, 9.17) is 4.74 Å². The Bertz CT molecular complexity index is 958. The average molecular weight is 381 g/mol. The number of piperazine rings is 1. The molecular weight excluding hydrogens is 356 g/mol. The minimum absolute atomic E-state index is 0.159. The normalized spacial score (nSPS) is 14.6. The van der Waals surface area contributed by atoms with E-state index in [1.807, 2.05) is 42.2 Å². The predicted molar refractivity (Wildman–Crippen MR) is 112 cm³/mol. The molecule has 4 nitrogen and oxygen atoms in total. The highest BCUT2D eigenvalue weighted by atomic mass is 32.1. The van der Waals surface area contributed by atoms with Crippen molar-refractivity contribution in [3.63, 3.8) is 0 Å². The summed E-state index contributed by atoms with van der Waals surface area (Å²) in [6.45, 7) is 7.81. The molecule has 0 N–H and O–H groups in total. The highest BCUT2D eigenvalue weighted by molar-refractivity contribution is 7.21. The summed E-state index contributed by atoms with van der Waals surface area (Å²) in [7, 11) is 0. The molecule has 1 aromatic heterocycles. The van der Waals surface area contributed by atoms with E-state index in [9.17, 15) is 4.79 Å². The molecule has 1 amide bonds. The Kier molecular flexibility index (Phi) is 5.03. The van der Waals surface area contributed by atoms with Crippen molar-refractivity contribution in [1.82, 2.24) is 4.90 Å². The molecule has 0 bridgehead atoms. The van der Waals surface area contributed by atoms with Crippen LogP contribution in [-0.4, -0.2) is 43.6 Å². The Hall–Kier alpha value is -2.53. The zero-order valence-electron chi connectivity index (χ0n) is 15.8. The van der Waals surface area contributed by atoms with Gasteiger partial charge in [-0.05, 0) is 43.0 Å². The van der Waals surface area contributed by atoms with E-state index in [0.717, 1.165) is 48.1 Å². The van der Waals surface area contributed by atoms with E-state index in [1.165, 1.54) is 10.1 Å². The van der Waals surface area contributed by atoms with Gasteiger partial charge in [0.2, 0.25) is 0 Å². The minimum Gasteiger partial charge on any atom is -0.492 e. The maximum absolute atomic E-state index is 13.1. The number of aryl methyl sites for hydroxylation is 1. The van der Waals surface area contributed by atoms with Crippen LogP contribution in [0.3, 0.4) is 0 Å². The standard InChI is InChI=1S/C22H24N2O2S/c1-3-26-19-10-6-5-9-18(19)23-12-14-24(15-13-23)22(25)21-16(2)17-8-4-7-11-20(17)27-21/h4-11H,3,12-15H2,1-2H3. The number of rotatable bonds is 4. The first-order valence-corrected chi connectivity index (χ1v) is 10.2. The number of carbonyl (C=O) groups is 1. The zero-order valence-corrected chi connectivity index (χ0v) is 16.6. The first-order valence-electron chi connectivity index (χ1n) is 9.43. The number of carbonyl (C=O) groups excluding carboxylic acids is 1. The Labute approximate surface area is 164 Å². The molecule has 0 spiro atoms. The van der Waals surface area contributed by atoms with Gasteiger partial charge in [-0.1, -0.05) is 30.3 Å². The number of hydrogen-bond acceptors (Lipinski definition) is 4. The van der Waals surface area contributed by atoms with Crippen molar-refractivity contribution in [1.29, 1.82) is 0 Å². The summed E-state index contributed by atoms with van der Waals surface area (Å²) in [4.78, 5) is 18.3. The fourth-order valence-corrected chi connectivity index (χ4v) is 4.85. The number of para-hydroxylation sites is 2. The second kappa shape index (κ2) is 7.61. The van der Waals surface area contributed by atoms with E-state index < -0.39 is 0 Å². The van der Waals surface area contributed by atoms with Crippen LogP contribution in [0.2, 0.25) is 0 Å². The van der Waals surface area contributed by atoms with Crippen molar-refractivity contribution in [2.24, 2.45) is 0 Å². The SMILES string of the molecule is CCOc1ccccc1N1CCN(C(=O)c2sc3ccccc3c2C)CC1. The van der Waals surface area contributed by atoms with Gasteiger partial charge in [0.15, 0.2) is 0 Å². The molecule has 1 aliphatic rings. The number of benzene rings is 2. The molecule has 1 aliphatic heterocycles. The molecule has 27 heavy (non-hydrogen) atoms. The molecule has 0 aliphatic carbocycles. The number of amides is 1. The predicted octanol–water partition coefficient (Wildman–Crippen LogP) is 4.57. The van der Waals surface area contributed by atoms with Crippen LogP contribution in [0.4, 0.5) is 5.69 Å². The summed E-state index contributed by atoms with van der Waals surface area (Å²) in [5.74, 6) is 1.08. The molecule has 140 valence electrons. The van der Waals surface area contributed by atoms with Crippen LogP contribution in [0.15, 0.2) is 48.5 Å². The van der Waals surface area contributed by atoms with Crippen LogP contribution < -0.4 is 9.64 Å². The lowest BCUT2D eigenvalue weighted by atomic mass is 10.1. The van der Waals surface area contributed by atoms with Gasteiger partial charge < -0.3 is 14.5 Å². The fraction of sp³-hybridized carbons (Fsp3) is 0.318. The molecule has 4 rings (SSSR count). The van der Waals surface area contributed by atoms with Crippen LogP contribution in [0.25, 0.3) is 10.1 Å². The molecule has 1 fully saturated rings. The summed E-state index contributed by atoms with van der Waals surface area (Å²) in [5, 5.41) is 1.19. The first kappa shape index (κ1) is 17.9. The maximum atomic E-state index is 13.1. The summed E-state index contributed by atoms with van der Waals surface area (Å²) in [6.07, 6.45) is 0. The van der Waals surface area contributed by atoms with Crippen molar-refractivity contribution in [2.75, 3.05) is 37.7 Å². The molecule has 2 heterocycles. The van der Waals surface area contributed by atoms with E-state index >= 15 is 0 Å². The van der Waals surface area contributed by atoms with Crippen molar-refractivity contribution in [3.05, 3.63) is 59.0 Å². The lowest BCUT2D eigenvalue weighted by Crippen LogP contribution is -2.48. The highest BCUT2D eigenvalue weighted by Crippen LogP contribution is 2.32. The number of anilines is 1. The monoisotopic (exact) mass is 380 g/mol. The number of nitrogens with zero attached hydrogens (tertiary/aromatic N) is 2. The average Bonchev–Trinajstić information content (AvgIpc) is 3.05. The number of fused-ring (bicyclic) bond motifs is 1. The van der Waals surface area contributed by atoms with E-state index in [1.54, 1.807) is 11.3 Å². The summed E-state index contributed by atoms with van der Waals surface area (Å²) < 4.78 is 6.95. The fourth-order valence-electron chi connectivity index (χ4n) is 3.67. The second-order valence-corrected chi connectivity index (χ2v) is 7.78. The van der Waals surface area contributed by atoms with Crippen molar-refractivity contribution >= 4 is 33.0 Å². The molecule has 1 saturated heterocycles. The van der Waals surface area contributed by atoms with Gasteiger partial charge in [-0.25, -0.2) is 0 Å². The molecule has 0 unspecified atom stereocenters. The van der Waals surface area contributed by atoms with Gasteiger partial charge in [-0.3, -0.25) is 4.79 Å². The third-order valence-corrected chi connectivity index (χ3v) is 6.37. The van der Waals surface area contributed by atoms with Crippen LogP contribution in [0.5, 0.6) is 5.75 Å². The smallest absolute Gasteiger partial charge is 0.264 e. The topological polar surface area (TPSA) is 32.8 Å². The Morgan fingerprint density at radius 2 is 1.74 bits per heavy atom. The lowest BCUT2D eigenvalue weighted by Gasteiger charge is -2.36. The Balaban J connectivity index is 1.49. The van der Waals surface area contributed by atoms with Gasteiger partial charge in [-0.15, -0.1) is 11.3 Å². The van der Waals surface area contributed by atoms with Crippen LogP contribution in [-0.2, 0) is 0 Å². The zero-order chi connectivity index (χ0) is 18.8. The second-order valence-electron chi connectivity index (χ2n) is 6.73. The number of thiophene rings is 1. The van der Waals surface area contributed by atoms with Gasteiger partial charge in [0.25, 0.3) is 5.91 Å². The molecule has 0 radical (unpaired) electrons. The molecule has 5 heteroatoms. The Morgan fingerprint density at radius 3 is 2.48 bits per heavy atom. The third-order valence-electron chi connectivity index (χ3n) is 5.11. The van der Waals surface area contributed by atoms with Crippen molar-refractivity contribution < 1.29 is 9.53 Å².